The van der Waals surface area contributed by atoms with Crippen LogP contribution >= 0.6 is 0 Å². The molecule has 0 spiro atoms. The SMILES string of the molecule is CCN(CC)S(=O)(=O)c1ccc(C(C)NC(=O)/C=C/c2c(F)cccc2F)cc1. The predicted molar refractivity (Wildman–Crippen MR) is 108 cm³/mol. The minimum absolute atomic E-state index is 0.179. The second-order valence-electron chi connectivity index (χ2n) is 6.36. The molecule has 0 aliphatic heterocycles. The molecular weight excluding hydrogens is 398 g/mol. The number of carbonyl (C=O) groups excluding carboxylic acids is 1. The lowest BCUT2D eigenvalue weighted by Crippen LogP contribution is -2.30. The van der Waals surface area contributed by atoms with E-state index in [1.54, 1.807) is 32.9 Å². The van der Waals surface area contributed by atoms with Gasteiger partial charge < -0.3 is 5.32 Å². The van der Waals surface area contributed by atoms with E-state index < -0.39 is 33.6 Å². The number of halogens is 2. The Morgan fingerprint density at radius 3 is 2.14 bits per heavy atom. The summed E-state index contributed by atoms with van der Waals surface area (Å²) >= 11 is 0. The van der Waals surface area contributed by atoms with Crippen molar-refractivity contribution in [2.24, 2.45) is 0 Å². The summed E-state index contributed by atoms with van der Waals surface area (Å²) in [5.74, 6) is -2.04. The quantitative estimate of drug-likeness (QED) is 0.657. The first-order valence-electron chi connectivity index (χ1n) is 9.23. The molecule has 8 heteroatoms. The molecule has 0 saturated carbocycles. The summed E-state index contributed by atoms with van der Waals surface area (Å²) in [5.41, 5.74) is 0.406. The molecule has 2 aromatic carbocycles. The van der Waals surface area contributed by atoms with Gasteiger partial charge in [0.2, 0.25) is 15.9 Å². The Bertz CT molecular complexity index is 965. The third-order valence-corrected chi connectivity index (χ3v) is 6.55. The average molecular weight is 422 g/mol. The van der Waals surface area contributed by atoms with Gasteiger partial charge in [0, 0.05) is 24.7 Å². The molecule has 0 fully saturated rings. The Morgan fingerprint density at radius 2 is 1.62 bits per heavy atom. The lowest BCUT2D eigenvalue weighted by molar-refractivity contribution is -0.117. The maximum Gasteiger partial charge on any atom is 0.244 e. The van der Waals surface area contributed by atoms with Crippen molar-refractivity contribution in [2.45, 2.75) is 31.7 Å². The molecule has 5 nitrogen and oxygen atoms in total. The highest BCUT2D eigenvalue weighted by atomic mass is 32.2. The molecule has 2 rings (SSSR count). The normalized spacial score (nSPS) is 13.0. The predicted octanol–water partition coefficient (Wildman–Crippen LogP) is 3.89. The number of hydrogen-bond acceptors (Lipinski definition) is 3. The summed E-state index contributed by atoms with van der Waals surface area (Å²) in [6, 6.07) is 9.28. The van der Waals surface area contributed by atoms with E-state index in [0.29, 0.717) is 18.7 Å². The largest absolute Gasteiger partial charge is 0.346 e. The van der Waals surface area contributed by atoms with E-state index in [9.17, 15) is 22.0 Å². The van der Waals surface area contributed by atoms with Crippen LogP contribution in [0.1, 0.15) is 37.9 Å². The number of nitrogens with zero attached hydrogens (tertiary/aromatic N) is 1. The first-order chi connectivity index (χ1) is 13.7. The van der Waals surface area contributed by atoms with Crippen LogP contribution in [0.2, 0.25) is 0 Å². The molecule has 0 saturated heterocycles. The van der Waals surface area contributed by atoms with Crippen LogP contribution in [0.5, 0.6) is 0 Å². The number of rotatable bonds is 8. The van der Waals surface area contributed by atoms with Gasteiger partial charge in [-0.15, -0.1) is 0 Å². The van der Waals surface area contributed by atoms with Crippen LogP contribution < -0.4 is 5.32 Å². The first kappa shape index (κ1) is 22.7. The molecule has 0 aliphatic carbocycles. The lowest BCUT2D eigenvalue weighted by Gasteiger charge is -2.19. The maximum absolute atomic E-state index is 13.6. The van der Waals surface area contributed by atoms with Gasteiger partial charge in [0.25, 0.3) is 0 Å². The van der Waals surface area contributed by atoms with Crippen molar-refractivity contribution >= 4 is 22.0 Å². The Hall–Kier alpha value is -2.58. The number of amides is 1. The summed E-state index contributed by atoms with van der Waals surface area (Å²) in [6.07, 6.45) is 2.13. The number of hydrogen-bond donors (Lipinski definition) is 1. The number of benzene rings is 2. The van der Waals surface area contributed by atoms with E-state index >= 15 is 0 Å². The summed E-state index contributed by atoms with van der Waals surface area (Å²) in [4.78, 5) is 12.2. The molecule has 1 amide bonds. The number of sulfonamides is 1. The van der Waals surface area contributed by atoms with E-state index in [-0.39, 0.29) is 10.5 Å². The summed E-state index contributed by atoms with van der Waals surface area (Å²) in [6.45, 7) is 6.02. The monoisotopic (exact) mass is 422 g/mol. The zero-order valence-electron chi connectivity index (χ0n) is 16.5. The number of nitrogens with one attached hydrogen (secondary N) is 1. The van der Waals surface area contributed by atoms with Crippen molar-refractivity contribution < 1.29 is 22.0 Å². The average Bonchev–Trinajstić information content (AvgIpc) is 2.68. The van der Waals surface area contributed by atoms with Crippen molar-refractivity contribution in [2.75, 3.05) is 13.1 Å². The first-order valence-corrected chi connectivity index (χ1v) is 10.7. The minimum atomic E-state index is -3.55. The van der Waals surface area contributed by atoms with E-state index in [4.69, 9.17) is 0 Å². The summed E-state index contributed by atoms with van der Waals surface area (Å²) < 4.78 is 53.6. The summed E-state index contributed by atoms with van der Waals surface area (Å²) in [7, 11) is -3.55. The van der Waals surface area contributed by atoms with Gasteiger partial charge in [-0.25, -0.2) is 17.2 Å². The van der Waals surface area contributed by atoms with Gasteiger partial charge >= 0.3 is 0 Å². The third kappa shape index (κ3) is 5.48. The standard InChI is InChI=1S/C21H24F2N2O3S/c1-4-25(5-2)29(27,28)17-11-9-16(10-12-17)15(3)24-21(26)14-13-18-19(22)7-6-8-20(18)23/h6-15H,4-5H2,1-3H3,(H,24,26)/b14-13+. The highest BCUT2D eigenvalue weighted by Crippen LogP contribution is 2.20. The highest BCUT2D eigenvalue weighted by Gasteiger charge is 2.21. The van der Waals surface area contributed by atoms with Crippen LogP contribution in [-0.2, 0) is 14.8 Å². The Morgan fingerprint density at radius 1 is 1.07 bits per heavy atom. The number of carbonyl (C=O) groups is 1. The molecular formula is C21H24F2N2O3S. The van der Waals surface area contributed by atoms with Crippen LogP contribution in [0.25, 0.3) is 6.08 Å². The van der Waals surface area contributed by atoms with Gasteiger partial charge in [0.15, 0.2) is 0 Å². The zero-order chi connectivity index (χ0) is 21.6. The molecule has 1 atom stereocenters. The second-order valence-corrected chi connectivity index (χ2v) is 8.30. The van der Waals surface area contributed by atoms with Crippen molar-refractivity contribution in [1.29, 1.82) is 0 Å². The summed E-state index contributed by atoms with van der Waals surface area (Å²) in [5, 5.41) is 2.68. The Labute approximate surface area is 170 Å². The molecule has 29 heavy (non-hydrogen) atoms. The topological polar surface area (TPSA) is 66.5 Å². The third-order valence-electron chi connectivity index (χ3n) is 4.48. The molecule has 0 aromatic heterocycles. The van der Waals surface area contributed by atoms with Crippen LogP contribution in [0, 0.1) is 11.6 Å². The van der Waals surface area contributed by atoms with Crippen molar-refractivity contribution in [1.82, 2.24) is 9.62 Å². The lowest BCUT2D eigenvalue weighted by atomic mass is 10.1. The van der Waals surface area contributed by atoms with E-state index in [0.717, 1.165) is 24.3 Å². The van der Waals surface area contributed by atoms with Gasteiger partial charge in [0.1, 0.15) is 11.6 Å². The minimum Gasteiger partial charge on any atom is -0.346 e. The van der Waals surface area contributed by atoms with Crippen LogP contribution in [0.15, 0.2) is 53.4 Å². The fourth-order valence-electron chi connectivity index (χ4n) is 2.81. The molecule has 1 N–H and O–H groups in total. The van der Waals surface area contributed by atoms with Crippen molar-refractivity contribution in [3.63, 3.8) is 0 Å². The molecule has 0 bridgehead atoms. The van der Waals surface area contributed by atoms with E-state index in [1.807, 2.05) is 0 Å². The fourth-order valence-corrected chi connectivity index (χ4v) is 4.27. The smallest absolute Gasteiger partial charge is 0.244 e. The van der Waals surface area contributed by atoms with Crippen molar-refractivity contribution in [3.8, 4) is 0 Å². The van der Waals surface area contributed by atoms with Crippen LogP contribution in [0.3, 0.4) is 0 Å². The van der Waals surface area contributed by atoms with E-state index in [2.05, 4.69) is 5.32 Å². The maximum atomic E-state index is 13.6. The zero-order valence-corrected chi connectivity index (χ0v) is 17.3. The molecule has 0 radical (unpaired) electrons. The Kier molecular flexibility index (Phi) is 7.64. The van der Waals surface area contributed by atoms with Gasteiger partial charge in [-0.3, -0.25) is 4.79 Å². The molecule has 0 heterocycles. The molecule has 156 valence electrons. The highest BCUT2D eigenvalue weighted by molar-refractivity contribution is 7.89. The molecule has 0 aliphatic rings. The van der Waals surface area contributed by atoms with Gasteiger partial charge in [-0.1, -0.05) is 32.0 Å². The van der Waals surface area contributed by atoms with Crippen LogP contribution in [-0.4, -0.2) is 31.7 Å². The molecule has 1 unspecified atom stereocenters. The van der Waals surface area contributed by atoms with Gasteiger partial charge in [-0.05, 0) is 42.8 Å². The van der Waals surface area contributed by atoms with Gasteiger partial charge in [-0.2, -0.15) is 4.31 Å². The second kappa shape index (κ2) is 9.76. The van der Waals surface area contributed by atoms with Crippen LogP contribution in [0.4, 0.5) is 8.78 Å². The van der Waals surface area contributed by atoms with Crippen molar-refractivity contribution in [3.05, 3.63) is 71.3 Å². The van der Waals surface area contributed by atoms with E-state index in [1.165, 1.54) is 22.5 Å². The van der Waals surface area contributed by atoms with Gasteiger partial charge in [0.05, 0.1) is 10.9 Å². The fraction of sp³-hybridized carbons (Fsp3) is 0.286. The molecule has 2 aromatic rings. The Balaban J connectivity index is 2.08.